The molecule has 2 aromatic heterocycles. The molecule has 2 aromatic carbocycles. The predicted octanol–water partition coefficient (Wildman–Crippen LogP) is 3.36. The van der Waals surface area contributed by atoms with Gasteiger partial charge in [0.05, 0.1) is 24.6 Å². The van der Waals surface area contributed by atoms with Crippen molar-refractivity contribution in [1.82, 2.24) is 19.7 Å². The lowest BCUT2D eigenvalue weighted by Crippen LogP contribution is -2.14. The molecule has 0 fully saturated rings. The molecule has 33 heavy (non-hydrogen) atoms. The van der Waals surface area contributed by atoms with Crippen LogP contribution in [0.4, 0.5) is 17.3 Å². The van der Waals surface area contributed by atoms with E-state index in [1.165, 1.54) is 12.3 Å². The maximum absolute atomic E-state index is 12.4. The van der Waals surface area contributed by atoms with E-state index in [0.717, 1.165) is 22.4 Å². The number of benzene rings is 2. The van der Waals surface area contributed by atoms with Crippen LogP contribution >= 0.6 is 0 Å². The van der Waals surface area contributed by atoms with E-state index in [1.54, 1.807) is 41.5 Å². The molecule has 0 aliphatic heterocycles. The molecule has 1 atom stereocenters. The standard InChI is InChI=1S/C23H22N6O3S/c1-29-15-20(14-26-29)28-23-24-12-18(13-25-23)17-8-6-16(7-9-17)10-22(30)27-19-4-3-5-21(11-19)33(2,31)32/h3-9,11-15H,10H2,1-2H3,(H,27,30)(H,24,25,28)/p+1. The van der Waals surface area contributed by atoms with Gasteiger partial charge in [0, 0.05) is 36.9 Å². The van der Waals surface area contributed by atoms with Crippen LogP contribution < -0.4 is 10.6 Å². The van der Waals surface area contributed by atoms with E-state index < -0.39 is 9.84 Å². The smallest absolute Gasteiger partial charge is 0.299 e. The lowest BCUT2D eigenvalue weighted by Gasteiger charge is -2.07. The minimum absolute atomic E-state index is 0.176. The molecule has 0 saturated carbocycles. The van der Waals surface area contributed by atoms with Crippen LogP contribution in [0.2, 0.25) is 0 Å². The maximum atomic E-state index is 12.4. The molecular formula is C23H23N6O3S+. The Morgan fingerprint density at radius 2 is 1.76 bits per heavy atom. The summed E-state index contributed by atoms with van der Waals surface area (Å²) in [6, 6.07) is 14.0. The Balaban J connectivity index is 1.37. The van der Waals surface area contributed by atoms with Gasteiger partial charge in [-0.15, -0.1) is 0 Å². The van der Waals surface area contributed by atoms with Gasteiger partial charge in [0.15, 0.2) is 0 Å². The Morgan fingerprint density at radius 1 is 1.03 bits per heavy atom. The van der Waals surface area contributed by atoms with Gasteiger partial charge in [-0.25, -0.2) is 14.2 Å². The molecule has 0 aliphatic rings. The van der Waals surface area contributed by atoms with E-state index in [2.05, 4.69) is 25.7 Å². The summed E-state index contributed by atoms with van der Waals surface area (Å²) in [4.78, 5) is 21.4. The number of nitrogens with one attached hydrogen (secondary N) is 2. The first-order chi connectivity index (χ1) is 15.8. The maximum Gasteiger partial charge on any atom is 0.299 e. The van der Waals surface area contributed by atoms with Crippen LogP contribution in [0.3, 0.4) is 0 Å². The first-order valence-corrected chi connectivity index (χ1v) is 12.0. The Morgan fingerprint density at radius 3 is 2.39 bits per heavy atom. The molecule has 168 valence electrons. The molecule has 3 N–H and O–H groups in total. The van der Waals surface area contributed by atoms with Crippen molar-refractivity contribution in [2.75, 3.05) is 16.9 Å². The van der Waals surface area contributed by atoms with E-state index >= 15 is 0 Å². The third-order valence-electron chi connectivity index (χ3n) is 4.82. The minimum atomic E-state index is -3.09. The first kappa shape index (κ1) is 22.2. The topological polar surface area (TPSA) is 123 Å². The predicted molar refractivity (Wildman–Crippen MR) is 127 cm³/mol. The first-order valence-electron chi connectivity index (χ1n) is 10.0. The number of aryl methyl sites for hydroxylation is 1. The van der Waals surface area contributed by atoms with Crippen LogP contribution in [-0.4, -0.2) is 40.3 Å². The van der Waals surface area contributed by atoms with Crippen LogP contribution in [-0.2, 0) is 28.1 Å². The second-order valence-electron chi connectivity index (χ2n) is 7.58. The Hall–Kier alpha value is -4.05. The van der Waals surface area contributed by atoms with Crippen LogP contribution in [0.5, 0.6) is 0 Å². The highest BCUT2D eigenvalue weighted by atomic mass is 32.2. The van der Waals surface area contributed by atoms with Gasteiger partial charge >= 0.3 is 0 Å². The van der Waals surface area contributed by atoms with Crippen molar-refractivity contribution in [1.29, 1.82) is 0 Å². The van der Waals surface area contributed by atoms with Crippen molar-refractivity contribution < 1.29 is 13.2 Å². The molecule has 0 aliphatic carbocycles. The summed E-state index contributed by atoms with van der Waals surface area (Å²) in [5, 5.41) is 9.95. The second kappa shape index (κ2) is 9.21. The van der Waals surface area contributed by atoms with Gasteiger partial charge in [0.2, 0.25) is 11.9 Å². The average Bonchev–Trinajstić information content (AvgIpc) is 3.19. The Kier molecular flexibility index (Phi) is 6.18. The van der Waals surface area contributed by atoms with Gasteiger partial charge in [-0.3, -0.25) is 9.48 Å². The van der Waals surface area contributed by atoms with Gasteiger partial charge < -0.3 is 10.6 Å². The fourth-order valence-electron chi connectivity index (χ4n) is 3.17. The zero-order valence-corrected chi connectivity index (χ0v) is 18.9. The number of hydrogen-bond donors (Lipinski definition) is 2. The van der Waals surface area contributed by atoms with Gasteiger partial charge in [-0.2, -0.15) is 9.31 Å². The molecule has 10 heteroatoms. The summed E-state index contributed by atoms with van der Waals surface area (Å²) < 4.78 is 23.2. The molecule has 4 aromatic rings. The second-order valence-corrected chi connectivity index (χ2v) is 9.65. The van der Waals surface area contributed by atoms with Gasteiger partial charge in [0.1, 0.15) is 4.90 Å². The molecule has 2 heterocycles. The summed E-state index contributed by atoms with van der Waals surface area (Å²) in [6.45, 7) is 0. The van der Waals surface area contributed by atoms with Crippen molar-refractivity contribution >= 4 is 33.1 Å². The highest BCUT2D eigenvalue weighted by Crippen LogP contribution is 2.21. The highest BCUT2D eigenvalue weighted by Gasteiger charge is 2.13. The number of rotatable bonds is 7. The summed E-state index contributed by atoms with van der Waals surface area (Å²) in [5.74, 6) is 0.263. The van der Waals surface area contributed by atoms with E-state index in [1.807, 2.05) is 37.5 Å². The number of aromatic nitrogens is 4. The van der Waals surface area contributed by atoms with E-state index in [-0.39, 0.29) is 17.2 Å². The third kappa shape index (κ3) is 5.80. The zero-order valence-electron chi connectivity index (χ0n) is 18.1. The number of nitrogens with zero attached hydrogens (tertiary/aromatic N) is 4. The van der Waals surface area contributed by atoms with Crippen LogP contribution in [0.1, 0.15) is 5.56 Å². The quantitative estimate of drug-likeness (QED) is 0.405. The zero-order chi connectivity index (χ0) is 23.4. The fraction of sp³-hybridized carbons (Fsp3) is 0.130. The number of carbonyl (C=O) groups is 1. The highest BCUT2D eigenvalue weighted by molar-refractivity contribution is 7.90. The molecule has 9 nitrogen and oxygen atoms in total. The molecular weight excluding hydrogens is 440 g/mol. The SMILES string of the molecule is Cn1cc(Nc2ncc(-c3ccc(CC(=O)Nc4cccc(S(C)(=O)=[OH+])c4)cc3)cn2)cn1. The Bertz CT molecular complexity index is 1380. The normalized spacial score (nSPS) is 12.7. The number of anilines is 3. The van der Waals surface area contributed by atoms with Gasteiger partial charge in [-0.05, 0) is 29.3 Å². The van der Waals surface area contributed by atoms with Crippen molar-refractivity contribution in [3.63, 3.8) is 0 Å². The molecule has 1 unspecified atom stereocenters. The summed E-state index contributed by atoms with van der Waals surface area (Å²) in [5.41, 5.74) is 3.91. The van der Waals surface area contributed by atoms with Gasteiger partial charge in [-0.1, -0.05) is 30.3 Å². The van der Waals surface area contributed by atoms with E-state index in [0.29, 0.717) is 11.6 Å². The molecule has 0 saturated heterocycles. The van der Waals surface area contributed by atoms with Crippen molar-refractivity contribution in [3.8, 4) is 11.1 Å². The Labute approximate surface area is 191 Å². The summed E-state index contributed by atoms with van der Waals surface area (Å²) in [6.07, 6.45) is 8.40. The summed E-state index contributed by atoms with van der Waals surface area (Å²) in [7, 11) is -1.25. The van der Waals surface area contributed by atoms with Crippen LogP contribution in [0.15, 0.2) is 78.2 Å². The van der Waals surface area contributed by atoms with Crippen molar-refractivity contribution in [2.45, 2.75) is 11.3 Å². The van der Waals surface area contributed by atoms with Crippen molar-refractivity contribution in [3.05, 3.63) is 78.9 Å². The minimum Gasteiger partial charge on any atom is -0.326 e. The largest absolute Gasteiger partial charge is 0.326 e. The molecule has 0 bridgehead atoms. The fourth-order valence-corrected chi connectivity index (χ4v) is 3.85. The number of hydrogen-bond acceptors (Lipinski definition) is 6. The lowest BCUT2D eigenvalue weighted by atomic mass is 10.0. The lowest BCUT2D eigenvalue weighted by molar-refractivity contribution is -0.115. The third-order valence-corrected chi connectivity index (χ3v) is 5.95. The molecule has 0 spiro atoms. The molecule has 0 radical (unpaired) electrons. The number of amides is 1. The van der Waals surface area contributed by atoms with E-state index in [9.17, 15) is 13.2 Å². The monoisotopic (exact) mass is 463 g/mol. The van der Waals surface area contributed by atoms with Crippen LogP contribution in [0.25, 0.3) is 11.1 Å². The van der Waals surface area contributed by atoms with E-state index in [4.69, 9.17) is 0 Å². The van der Waals surface area contributed by atoms with Crippen LogP contribution in [0, 0.1) is 0 Å². The number of carbonyl (C=O) groups excluding carboxylic acids is 1. The summed E-state index contributed by atoms with van der Waals surface area (Å²) >= 11 is 0. The molecule has 1 amide bonds. The van der Waals surface area contributed by atoms with Crippen molar-refractivity contribution in [2.24, 2.45) is 7.05 Å². The van der Waals surface area contributed by atoms with Gasteiger partial charge in [0.25, 0.3) is 9.84 Å². The molecule has 4 rings (SSSR count). The average molecular weight is 464 g/mol.